The maximum Gasteiger partial charge on any atom is 0.500 e. The van der Waals surface area contributed by atoms with E-state index in [9.17, 15) is 0 Å². The van der Waals surface area contributed by atoms with E-state index in [1.54, 1.807) is 64.0 Å². The molecule has 0 aliphatic rings. The molecule has 0 saturated heterocycles. The molecule has 9 nitrogen and oxygen atoms in total. The van der Waals surface area contributed by atoms with Gasteiger partial charge in [-0.3, -0.25) is 0 Å². The van der Waals surface area contributed by atoms with Crippen LogP contribution in [0.15, 0.2) is 0 Å². The summed E-state index contributed by atoms with van der Waals surface area (Å²) in [5, 5.41) is 0. The lowest BCUT2D eigenvalue weighted by atomic mass is 10.5. The first kappa shape index (κ1) is 31.5. The number of hydrogen-bond acceptors (Lipinski definition) is 9. The molecule has 0 aliphatic heterocycles. The third-order valence-electron chi connectivity index (χ3n) is 5.84. The van der Waals surface area contributed by atoms with Crippen LogP contribution in [-0.4, -0.2) is 99.2 Å². The Kier molecular flexibility index (Phi) is 17.3. The van der Waals surface area contributed by atoms with Crippen LogP contribution in [0.2, 0.25) is 36.3 Å². The fraction of sp³-hybridized carbons (Fsp3) is 1.00. The average molecular weight is 518 g/mol. The second-order valence-corrected chi connectivity index (χ2v) is 19.5. The molecule has 0 rings (SSSR count). The van der Waals surface area contributed by atoms with Crippen LogP contribution >= 0.6 is 0 Å². The minimum absolute atomic E-state index is 0.617. The summed E-state index contributed by atoms with van der Waals surface area (Å²) in [4.78, 5) is 0. The van der Waals surface area contributed by atoms with E-state index in [0.717, 1.165) is 37.4 Å². The Morgan fingerprint density at radius 2 is 0.581 bits per heavy atom. The van der Waals surface area contributed by atoms with Crippen LogP contribution in [0, 0.1) is 0 Å². The van der Waals surface area contributed by atoms with Crippen LogP contribution in [0.25, 0.3) is 0 Å². The predicted octanol–water partition coefficient (Wildman–Crippen LogP) is 3.29. The molecule has 1 radical (unpaired) electrons. The van der Waals surface area contributed by atoms with Crippen molar-refractivity contribution in [3.8, 4) is 0 Å². The van der Waals surface area contributed by atoms with Crippen LogP contribution in [0.5, 0.6) is 0 Å². The van der Waals surface area contributed by atoms with Gasteiger partial charge >= 0.3 is 26.4 Å². The van der Waals surface area contributed by atoms with Crippen molar-refractivity contribution in [2.45, 2.75) is 55.5 Å². The summed E-state index contributed by atoms with van der Waals surface area (Å²) in [6, 6.07) is 5.97. The molecule has 0 aromatic rings. The summed E-state index contributed by atoms with van der Waals surface area (Å²) in [5.74, 6) is 0. The second kappa shape index (κ2) is 17.0. The highest BCUT2D eigenvalue weighted by molar-refractivity contribution is 6.63. The Balaban J connectivity index is 4.91. The highest BCUT2D eigenvalue weighted by Gasteiger charge is 2.39. The summed E-state index contributed by atoms with van der Waals surface area (Å²) in [6.07, 6.45) is 3.08. The lowest BCUT2D eigenvalue weighted by molar-refractivity contribution is 0.123. The van der Waals surface area contributed by atoms with Crippen molar-refractivity contribution in [1.82, 2.24) is 0 Å². The third-order valence-corrected chi connectivity index (χ3v) is 17.5. The van der Waals surface area contributed by atoms with Gasteiger partial charge in [-0.15, -0.1) is 0 Å². The summed E-state index contributed by atoms with van der Waals surface area (Å²) in [7, 11) is 6.79. The van der Waals surface area contributed by atoms with Crippen LogP contribution in [0.3, 0.4) is 0 Å². The molecule has 0 atom stereocenters. The quantitative estimate of drug-likeness (QED) is 0.213. The minimum atomic E-state index is -2.53. The van der Waals surface area contributed by atoms with Gasteiger partial charge in [0, 0.05) is 90.9 Å². The van der Waals surface area contributed by atoms with Gasteiger partial charge in [0.1, 0.15) is 0 Å². The average Bonchev–Trinajstić information content (AvgIpc) is 2.83. The maximum atomic E-state index is 5.57. The lowest BCUT2D eigenvalue weighted by Crippen LogP contribution is -2.43. The molecule has 0 saturated carbocycles. The van der Waals surface area contributed by atoms with Gasteiger partial charge in [-0.2, -0.15) is 0 Å². The van der Waals surface area contributed by atoms with E-state index in [1.807, 2.05) is 0 Å². The molecule has 0 bridgehead atoms. The predicted molar refractivity (Wildman–Crippen MR) is 129 cm³/mol. The summed E-state index contributed by atoms with van der Waals surface area (Å²) < 4.78 is 50.2. The third kappa shape index (κ3) is 10.5. The Morgan fingerprint density at radius 3 is 0.742 bits per heavy atom. The van der Waals surface area contributed by atoms with Crippen molar-refractivity contribution in [2.75, 3.05) is 64.0 Å². The van der Waals surface area contributed by atoms with Crippen LogP contribution in [0.4, 0.5) is 0 Å². The molecule has 0 heterocycles. The summed E-state index contributed by atoms with van der Waals surface area (Å²) >= 11 is 0. The Bertz CT molecular complexity index is 350. The molecular formula is C18H45O9Si4. The molecule has 0 unspecified atom stereocenters. The van der Waals surface area contributed by atoms with Crippen molar-refractivity contribution in [3.63, 3.8) is 0 Å². The van der Waals surface area contributed by atoms with E-state index in [-0.39, 0.29) is 0 Å². The molecule has 0 fully saturated rings. The van der Waals surface area contributed by atoms with Gasteiger partial charge in [-0.25, -0.2) is 0 Å². The first-order chi connectivity index (χ1) is 14.8. The molecular weight excluding hydrogens is 473 g/mol. The fourth-order valence-corrected chi connectivity index (χ4v) is 12.7. The van der Waals surface area contributed by atoms with Crippen molar-refractivity contribution in [3.05, 3.63) is 0 Å². The second-order valence-electron chi connectivity index (χ2n) is 7.20. The molecule has 187 valence electrons. The van der Waals surface area contributed by atoms with Gasteiger partial charge in [-0.1, -0.05) is 37.4 Å². The highest BCUT2D eigenvalue weighted by Crippen LogP contribution is 2.26. The Labute approximate surface area is 194 Å². The van der Waals surface area contributed by atoms with Gasteiger partial charge in [0.25, 0.3) is 0 Å². The van der Waals surface area contributed by atoms with E-state index in [0.29, 0.717) is 0 Å². The summed E-state index contributed by atoms with van der Waals surface area (Å²) in [6.45, 7) is 0. The van der Waals surface area contributed by atoms with Crippen molar-refractivity contribution < 1.29 is 39.8 Å². The minimum Gasteiger partial charge on any atom is -0.377 e. The van der Waals surface area contributed by atoms with E-state index < -0.39 is 35.2 Å². The molecule has 31 heavy (non-hydrogen) atoms. The van der Waals surface area contributed by atoms with Crippen molar-refractivity contribution in [1.29, 1.82) is 0 Å². The molecule has 13 heteroatoms. The van der Waals surface area contributed by atoms with Crippen LogP contribution in [-0.2, 0) is 39.8 Å². The SMILES string of the molecule is CO[Si](CCC[Si](CCC[Si](OC)(OC)OC)CCC[Si](OC)(OC)OC)(OC)OC. The molecule has 0 spiro atoms. The van der Waals surface area contributed by atoms with Crippen molar-refractivity contribution >= 4 is 35.2 Å². The monoisotopic (exact) mass is 517 g/mol. The lowest BCUT2D eigenvalue weighted by Gasteiger charge is -2.27. The largest absolute Gasteiger partial charge is 0.500 e. The van der Waals surface area contributed by atoms with E-state index in [1.165, 1.54) is 18.1 Å². The topological polar surface area (TPSA) is 83.1 Å². The maximum absolute atomic E-state index is 5.57. The Hall–Kier alpha value is 0.508. The first-order valence-corrected chi connectivity index (χ1v) is 18.5. The zero-order valence-electron chi connectivity index (χ0n) is 21.0. The van der Waals surface area contributed by atoms with Crippen molar-refractivity contribution in [2.24, 2.45) is 0 Å². The zero-order valence-corrected chi connectivity index (χ0v) is 25.0. The van der Waals surface area contributed by atoms with Gasteiger partial charge in [0.2, 0.25) is 0 Å². The van der Waals surface area contributed by atoms with Gasteiger partial charge in [0.05, 0.1) is 0 Å². The standard InChI is InChI=1S/C18H45O9Si4/c1-19-29(20-2,21-3)16-10-13-28(14-11-17-30(22-4,23-5)24-6)15-12-18-31(25-7,26-8)27-9/h10-18H2,1-9H3. The Morgan fingerprint density at radius 1 is 0.387 bits per heavy atom. The summed E-state index contributed by atoms with van der Waals surface area (Å²) in [5.41, 5.74) is 0. The first-order valence-electron chi connectivity index (χ1n) is 10.6. The highest BCUT2D eigenvalue weighted by atomic mass is 28.4. The van der Waals surface area contributed by atoms with E-state index in [2.05, 4.69) is 0 Å². The molecule has 0 N–H and O–H groups in total. The number of rotatable bonds is 21. The van der Waals surface area contributed by atoms with Gasteiger partial charge in [-0.05, 0) is 0 Å². The van der Waals surface area contributed by atoms with Crippen LogP contribution in [0.1, 0.15) is 19.3 Å². The normalized spacial score (nSPS) is 13.4. The van der Waals surface area contributed by atoms with E-state index >= 15 is 0 Å². The molecule has 0 aliphatic carbocycles. The van der Waals surface area contributed by atoms with Gasteiger partial charge < -0.3 is 39.8 Å². The number of hydrogen-bond donors (Lipinski definition) is 0. The van der Waals surface area contributed by atoms with Gasteiger partial charge in [0.15, 0.2) is 0 Å². The fourth-order valence-electron chi connectivity index (χ4n) is 3.71. The van der Waals surface area contributed by atoms with Crippen LogP contribution < -0.4 is 0 Å². The smallest absolute Gasteiger partial charge is 0.377 e. The molecule has 0 aromatic carbocycles. The molecule has 0 amide bonds. The van der Waals surface area contributed by atoms with E-state index in [4.69, 9.17) is 39.8 Å². The zero-order chi connectivity index (χ0) is 23.8. The molecule has 0 aromatic heterocycles.